The van der Waals surface area contributed by atoms with Gasteiger partial charge in [0.15, 0.2) is 17.3 Å². The van der Waals surface area contributed by atoms with Crippen LogP contribution in [0.2, 0.25) is 0 Å². The zero-order chi connectivity index (χ0) is 19.1. The summed E-state index contributed by atoms with van der Waals surface area (Å²) in [5.41, 5.74) is 0.650. The Morgan fingerprint density at radius 1 is 1.27 bits per heavy atom. The monoisotopic (exact) mass is 362 g/mol. The fourth-order valence-electron chi connectivity index (χ4n) is 2.36. The molecule has 1 N–H and O–H groups in total. The highest BCUT2D eigenvalue weighted by Crippen LogP contribution is 2.30. The van der Waals surface area contributed by atoms with Crippen LogP contribution in [0.15, 0.2) is 22.7 Å². The highest BCUT2D eigenvalue weighted by Gasteiger charge is 2.20. The van der Waals surface area contributed by atoms with Gasteiger partial charge in [-0.15, -0.1) is 0 Å². The van der Waals surface area contributed by atoms with E-state index in [9.17, 15) is 4.79 Å². The lowest BCUT2D eigenvalue weighted by Crippen LogP contribution is -2.32. The van der Waals surface area contributed by atoms with Crippen LogP contribution >= 0.6 is 0 Å². The Morgan fingerprint density at radius 2 is 1.96 bits per heavy atom. The number of hydrogen-bond acceptors (Lipinski definition) is 7. The van der Waals surface area contributed by atoms with Crippen LogP contribution in [0.5, 0.6) is 11.5 Å². The van der Waals surface area contributed by atoms with Gasteiger partial charge in [-0.05, 0) is 46.9 Å². The molecule has 26 heavy (non-hydrogen) atoms. The molecule has 0 aliphatic heterocycles. The van der Waals surface area contributed by atoms with E-state index < -0.39 is 0 Å². The van der Waals surface area contributed by atoms with Crippen molar-refractivity contribution >= 4 is 11.6 Å². The number of anilines is 1. The van der Waals surface area contributed by atoms with Crippen LogP contribution < -0.4 is 14.8 Å². The number of benzene rings is 1. The molecule has 8 heteroatoms. The van der Waals surface area contributed by atoms with Crippen LogP contribution in [-0.4, -0.2) is 47.8 Å². The molecule has 2 rings (SSSR count). The van der Waals surface area contributed by atoms with Crippen molar-refractivity contribution in [3.8, 4) is 11.5 Å². The minimum atomic E-state index is -0.165. The number of hydrogen-bond donors (Lipinski definition) is 1. The van der Waals surface area contributed by atoms with Gasteiger partial charge >= 0.3 is 0 Å². The summed E-state index contributed by atoms with van der Waals surface area (Å²) in [6, 6.07) is 5.17. The molecular weight excluding hydrogens is 336 g/mol. The van der Waals surface area contributed by atoms with E-state index in [4.69, 9.17) is 14.0 Å². The number of carbonyl (C=O) groups is 1. The first kappa shape index (κ1) is 19.7. The Morgan fingerprint density at radius 3 is 2.58 bits per heavy atom. The van der Waals surface area contributed by atoms with Crippen LogP contribution in [0.4, 0.5) is 5.69 Å². The van der Waals surface area contributed by atoms with Crippen LogP contribution in [0.1, 0.15) is 38.5 Å². The topological polar surface area (TPSA) is 89.7 Å². The molecule has 2 aromatic rings. The summed E-state index contributed by atoms with van der Waals surface area (Å²) in [6.07, 6.45) is 0. The molecule has 0 fully saturated rings. The average molecular weight is 362 g/mol. The molecule has 0 spiro atoms. The predicted octanol–water partition coefficient (Wildman–Crippen LogP) is 2.81. The minimum absolute atomic E-state index is 0.151. The number of rotatable bonds is 9. The third-order valence-electron chi connectivity index (χ3n) is 3.78. The van der Waals surface area contributed by atoms with Crippen molar-refractivity contribution in [1.82, 2.24) is 15.0 Å². The Kier molecular flexibility index (Phi) is 6.97. The zero-order valence-corrected chi connectivity index (χ0v) is 15.9. The Hall–Kier alpha value is -2.61. The number of aryl methyl sites for hydroxylation is 1. The number of nitrogens with zero attached hydrogens (tertiary/aromatic N) is 3. The summed E-state index contributed by atoms with van der Waals surface area (Å²) < 4.78 is 16.3. The molecule has 0 saturated heterocycles. The van der Waals surface area contributed by atoms with E-state index in [1.54, 1.807) is 25.1 Å². The first-order valence-electron chi connectivity index (χ1n) is 8.64. The van der Waals surface area contributed by atoms with E-state index in [0.29, 0.717) is 42.1 Å². The molecule has 0 aliphatic rings. The highest BCUT2D eigenvalue weighted by molar-refractivity contribution is 5.92. The van der Waals surface area contributed by atoms with Crippen molar-refractivity contribution in [1.29, 1.82) is 0 Å². The second-order valence-electron chi connectivity index (χ2n) is 5.85. The lowest BCUT2D eigenvalue weighted by molar-refractivity contribution is -0.117. The number of amides is 1. The molecule has 1 aromatic carbocycles. The molecule has 0 unspecified atom stereocenters. The van der Waals surface area contributed by atoms with E-state index in [2.05, 4.69) is 15.5 Å². The van der Waals surface area contributed by atoms with E-state index in [0.717, 1.165) is 0 Å². The molecule has 1 aromatic heterocycles. The molecule has 0 saturated carbocycles. The van der Waals surface area contributed by atoms with E-state index >= 15 is 0 Å². The standard InChI is InChI=1S/C18H26N4O4/c1-6-24-15-9-8-14(10-16(15)25-7-2)20-17(23)11-22(5)12(3)18-19-13(4)21-26-18/h8-10,12H,6-7,11H2,1-5H3,(H,20,23)/t12-/m0/s1. The SMILES string of the molecule is CCOc1ccc(NC(=O)CN(C)[C@@H](C)c2nc(C)no2)cc1OCC. The van der Waals surface area contributed by atoms with Gasteiger partial charge in [0.1, 0.15) is 0 Å². The van der Waals surface area contributed by atoms with Crippen molar-refractivity contribution in [3.05, 3.63) is 29.9 Å². The molecule has 142 valence electrons. The third-order valence-corrected chi connectivity index (χ3v) is 3.78. The van der Waals surface area contributed by atoms with E-state index in [1.165, 1.54) is 0 Å². The Bertz CT molecular complexity index is 732. The molecule has 1 amide bonds. The summed E-state index contributed by atoms with van der Waals surface area (Å²) in [5, 5.41) is 6.65. The van der Waals surface area contributed by atoms with Gasteiger partial charge in [0.05, 0.1) is 25.8 Å². The Labute approximate surface area is 153 Å². The van der Waals surface area contributed by atoms with Crippen molar-refractivity contribution in [2.75, 3.05) is 32.1 Å². The third kappa shape index (κ3) is 5.19. The summed E-state index contributed by atoms with van der Waals surface area (Å²) >= 11 is 0. The number of nitrogens with one attached hydrogen (secondary N) is 1. The van der Waals surface area contributed by atoms with Crippen LogP contribution in [0, 0.1) is 6.92 Å². The van der Waals surface area contributed by atoms with Gasteiger partial charge in [-0.2, -0.15) is 4.98 Å². The van der Waals surface area contributed by atoms with Crippen LogP contribution in [0.3, 0.4) is 0 Å². The normalized spacial score (nSPS) is 12.1. The van der Waals surface area contributed by atoms with Crippen LogP contribution in [-0.2, 0) is 4.79 Å². The van der Waals surface area contributed by atoms with E-state index in [-0.39, 0.29) is 18.5 Å². The average Bonchev–Trinajstić information content (AvgIpc) is 3.03. The van der Waals surface area contributed by atoms with Gasteiger partial charge in [-0.1, -0.05) is 5.16 Å². The summed E-state index contributed by atoms with van der Waals surface area (Å²) in [7, 11) is 1.83. The van der Waals surface area contributed by atoms with Gasteiger partial charge in [0.25, 0.3) is 0 Å². The number of likely N-dealkylation sites (N-methyl/N-ethyl adjacent to an activating group) is 1. The van der Waals surface area contributed by atoms with Gasteiger partial charge in [-0.3, -0.25) is 9.69 Å². The number of ether oxygens (including phenoxy) is 2. The zero-order valence-electron chi connectivity index (χ0n) is 15.9. The fraction of sp³-hybridized carbons (Fsp3) is 0.500. The van der Waals surface area contributed by atoms with Gasteiger partial charge in [-0.25, -0.2) is 0 Å². The predicted molar refractivity (Wildman–Crippen MR) is 97.5 cm³/mol. The van der Waals surface area contributed by atoms with Crippen molar-refractivity contribution in [2.24, 2.45) is 0 Å². The van der Waals surface area contributed by atoms with E-state index in [1.807, 2.05) is 32.7 Å². The maximum atomic E-state index is 12.4. The van der Waals surface area contributed by atoms with Gasteiger partial charge < -0.3 is 19.3 Å². The fourth-order valence-corrected chi connectivity index (χ4v) is 2.36. The molecule has 0 aliphatic carbocycles. The maximum absolute atomic E-state index is 12.4. The summed E-state index contributed by atoms with van der Waals surface area (Å²) in [4.78, 5) is 18.4. The maximum Gasteiger partial charge on any atom is 0.243 e. The molecule has 0 bridgehead atoms. The Balaban J connectivity index is 1.99. The first-order chi connectivity index (χ1) is 12.4. The molecule has 1 atom stereocenters. The minimum Gasteiger partial charge on any atom is -0.490 e. The lowest BCUT2D eigenvalue weighted by atomic mass is 10.2. The van der Waals surface area contributed by atoms with Gasteiger partial charge in [0.2, 0.25) is 11.8 Å². The first-order valence-corrected chi connectivity index (χ1v) is 8.64. The molecular formula is C18H26N4O4. The summed E-state index contributed by atoms with van der Waals surface area (Å²) in [5.74, 6) is 2.17. The quantitative estimate of drug-likeness (QED) is 0.733. The second kappa shape index (κ2) is 9.19. The smallest absolute Gasteiger partial charge is 0.243 e. The van der Waals surface area contributed by atoms with Gasteiger partial charge in [0, 0.05) is 11.8 Å². The van der Waals surface area contributed by atoms with Crippen molar-refractivity contribution < 1.29 is 18.8 Å². The van der Waals surface area contributed by atoms with Crippen molar-refractivity contribution in [3.63, 3.8) is 0 Å². The molecule has 1 heterocycles. The molecule has 8 nitrogen and oxygen atoms in total. The number of aromatic nitrogens is 2. The second-order valence-corrected chi connectivity index (χ2v) is 5.85. The largest absolute Gasteiger partial charge is 0.490 e. The highest BCUT2D eigenvalue weighted by atomic mass is 16.5. The molecule has 0 radical (unpaired) electrons. The van der Waals surface area contributed by atoms with Crippen LogP contribution in [0.25, 0.3) is 0 Å². The lowest BCUT2D eigenvalue weighted by Gasteiger charge is -2.21. The van der Waals surface area contributed by atoms with Crippen molar-refractivity contribution in [2.45, 2.75) is 33.7 Å². The summed E-state index contributed by atoms with van der Waals surface area (Å²) in [6.45, 7) is 8.72. The number of carbonyl (C=O) groups excluding carboxylic acids is 1.